The summed E-state index contributed by atoms with van der Waals surface area (Å²) in [6.45, 7) is 0. The van der Waals surface area contributed by atoms with Crippen molar-refractivity contribution in [1.82, 2.24) is 19.6 Å². The fourth-order valence-electron chi connectivity index (χ4n) is 2.43. The maximum Gasteiger partial charge on any atom is 0.256 e. The lowest BCUT2D eigenvalue weighted by atomic mass is 10.2. The normalized spacial score (nSPS) is 11.2. The van der Waals surface area contributed by atoms with Gasteiger partial charge < -0.3 is 5.11 Å². The Balaban J connectivity index is 1.63. The summed E-state index contributed by atoms with van der Waals surface area (Å²) >= 11 is 1.09. The van der Waals surface area contributed by atoms with Crippen molar-refractivity contribution in [2.24, 2.45) is 0 Å². The van der Waals surface area contributed by atoms with Gasteiger partial charge in [-0.25, -0.2) is 13.8 Å². The summed E-state index contributed by atoms with van der Waals surface area (Å²) in [5, 5.41) is 14.4. The first-order valence-electron chi connectivity index (χ1n) is 7.70. The Bertz CT molecular complexity index is 1090. The number of hydrogen-bond acceptors (Lipinski definition) is 5. The van der Waals surface area contributed by atoms with Crippen molar-refractivity contribution in [3.63, 3.8) is 0 Å². The highest BCUT2D eigenvalue weighted by molar-refractivity contribution is 7.98. The predicted molar refractivity (Wildman–Crippen MR) is 93.8 cm³/mol. The number of halogens is 2. The molecular weight excluding hydrogens is 358 g/mol. The molecule has 8 heteroatoms. The van der Waals surface area contributed by atoms with Crippen LogP contribution in [0.5, 0.6) is 5.88 Å². The fourth-order valence-corrected chi connectivity index (χ4v) is 3.28. The second kappa shape index (κ2) is 6.72. The molecule has 26 heavy (non-hydrogen) atoms. The molecule has 0 aliphatic carbocycles. The van der Waals surface area contributed by atoms with Gasteiger partial charge in [0.1, 0.15) is 0 Å². The number of thioether (sulfide) groups is 1. The lowest BCUT2D eigenvalue weighted by Crippen LogP contribution is -1.96. The van der Waals surface area contributed by atoms with Gasteiger partial charge in [0.25, 0.3) is 5.78 Å². The molecule has 2 aromatic carbocycles. The molecule has 4 aromatic rings. The maximum absolute atomic E-state index is 13.7. The van der Waals surface area contributed by atoms with Crippen molar-refractivity contribution in [3.8, 4) is 17.3 Å². The van der Waals surface area contributed by atoms with E-state index in [9.17, 15) is 13.9 Å². The molecule has 1 N–H and O–H groups in total. The smallest absolute Gasteiger partial charge is 0.256 e. The van der Waals surface area contributed by atoms with Crippen molar-refractivity contribution in [2.45, 2.75) is 10.6 Å². The van der Waals surface area contributed by atoms with Crippen LogP contribution < -0.4 is 0 Å². The van der Waals surface area contributed by atoms with E-state index in [0.29, 0.717) is 11.5 Å². The minimum atomic E-state index is -0.897. The third-order valence-corrected chi connectivity index (χ3v) is 4.74. The van der Waals surface area contributed by atoms with Crippen LogP contribution in [0.15, 0.2) is 59.5 Å². The first-order chi connectivity index (χ1) is 12.6. The van der Waals surface area contributed by atoms with Crippen LogP contribution in [0.2, 0.25) is 0 Å². The van der Waals surface area contributed by atoms with Gasteiger partial charge in [-0.3, -0.25) is 0 Å². The quantitative estimate of drug-likeness (QED) is 0.549. The average molecular weight is 370 g/mol. The molecule has 0 bridgehead atoms. The highest BCUT2D eigenvalue weighted by Gasteiger charge is 2.13. The van der Waals surface area contributed by atoms with Gasteiger partial charge in [-0.2, -0.15) is 9.50 Å². The third-order valence-electron chi connectivity index (χ3n) is 3.67. The number of fused-ring (bicyclic) bond motifs is 1. The molecule has 0 aliphatic rings. The van der Waals surface area contributed by atoms with Gasteiger partial charge in [-0.15, -0.1) is 16.9 Å². The summed E-state index contributed by atoms with van der Waals surface area (Å²) in [6.07, 6.45) is 0. The van der Waals surface area contributed by atoms with Crippen molar-refractivity contribution in [2.75, 3.05) is 0 Å². The highest BCUT2D eigenvalue weighted by atomic mass is 32.2. The predicted octanol–water partition coefficient (Wildman–Crippen LogP) is 4.07. The van der Waals surface area contributed by atoms with Crippen LogP contribution in [0.25, 0.3) is 17.2 Å². The molecule has 0 saturated carbocycles. The Kier molecular flexibility index (Phi) is 4.26. The van der Waals surface area contributed by atoms with Gasteiger partial charge in [0.05, 0.1) is 5.69 Å². The van der Waals surface area contributed by atoms with Gasteiger partial charge in [0, 0.05) is 22.3 Å². The van der Waals surface area contributed by atoms with E-state index in [1.54, 1.807) is 0 Å². The largest absolute Gasteiger partial charge is 0.493 e. The van der Waals surface area contributed by atoms with Crippen LogP contribution >= 0.6 is 11.8 Å². The Hall–Kier alpha value is -3.00. The second-order valence-corrected chi connectivity index (χ2v) is 6.48. The van der Waals surface area contributed by atoms with Gasteiger partial charge in [-0.1, -0.05) is 36.4 Å². The SMILES string of the molecule is Oc1cc(CSc2cccc(F)c2F)nc2nc(-c3ccccc3)nn12. The zero-order chi connectivity index (χ0) is 18.1. The van der Waals surface area contributed by atoms with Crippen LogP contribution in [0.4, 0.5) is 8.78 Å². The van der Waals surface area contributed by atoms with E-state index in [4.69, 9.17) is 0 Å². The molecule has 2 heterocycles. The van der Waals surface area contributed by atoms with Gasteiger partial charge in [-0.05, 0) is 12.1 Å². The monoisotopic (exact) mass is 370 g/mol. The Morgan fingerprint density at radius 2 is 1.81 bits per heavy atom. The first-order valence-corrected chi connectivity index (χ1v) is 8.68. The minimum absolute atomic E-state index is 0.125. The van der Waals surface area contributed by atoms with E-state index >= 15 is 0 Å². The van der Waals surface area contributed by atoms with E-state index in [0.717, 1.165) is 23.4 Å². The molecule has 0 unspecified atom stereocenters. The summed E-state index contributed by atoms with van der Waals surface area (Å²) in [5.41, 5.74) is 1.28. The molecule has 5 nitrogen and oxygen atoms in total. The molecule has 0 fully saturated rings. The molecule has 2 aromatic heterocycles. The summed E-state index contributed by atoms with van der Waals surface area (Å²) < 4.78 is 28.2. The number of hydrogen-bond donors (Lipinski definition) is 1. The summed E-state index contributed by atoms with van der Waals surface area (Å²) in [5.74, 6) is -0.991. The second-order valence-electron chi connectivity index (χ2n) is 5.46. The number of nitrogens with zero attached hydrogens (tertiary/aromatic N) is 4. The Morgan fingerprint density at radius 1 is 1.00 bits per heavy atom. The molecule has 0 aliphatic heterocycles. The van der Waals surface area contributed by atoms with Crippen molar-refractivity contribution in [3.05, 3.63) is 71.9 Å². The molecule has 0 radical (unpaired) electrons. The molecule has 0 saturated heterocycles. The Morgan fingerprint density at radius 3 is 2.62 bits per heavy atom. The van der Waals surface area contributed by atoms with Crippen LogP contribution in [0, 0.1) is 11.6 Å². The van der Waals surface area contributed by atoms with E-state index in [2.05, 4.69) is 15.1 Å². The van der Waals surface area contributed by atoms with E-state index in [-0.39, 0.29) is 22.3 Å². The summed E-state index contributed by atoms with van der Waals surface area (Å²) in [7, 11) is 0. The average Bonchev–Trinajstić information content (AvgIpc) is 3.08. The summed E-state index contributed by atoms with van der Waals surface area (Å²) in [6, 6.07) is 14.8. The zero-order valence-electron chi connectivity index (χ0n) is 13.3. The lowest BCUT2D eigenvalue weighted by Gasteiger charge is -2.04. The minimum Gasteiger partial charge on any atom is -0.493 e. The number of aromatic nitrogens is 4. The van der Waals surface area contributed by atoms with Gasteiger partial charge in [0.2, 0.25) is 5.88 Å². The van der Waals surface area contributed by atoms with E-state index < -0.39 is 11.6 Å². The summed E-state index contributed by atoms with van der Waals surface area (Å²) in [4.78, 5) is 8.85. The van der Waals surface area contributed by atoms with Crippen LogP contribution in [0.1, 0.15) is 5.69 Å². The first kappa shape index (κ1) is 16.5. The molecule has 4 rings (SSSR count). The lowest BCUT2D eigenvalue weighted by molar-refractivity contribution is 0.434. The Labute approximate surface area is 151 Å². The van der Waals surface area contributed by atoms with Crippen molar-refractivity contribution < 1.29 is 13.9 Å². The van der Waals surface area contributed by atoms with Crippen molar-refractivity contribution >= 4 is 17.5 Å². The number of aromatic hydroxyl groups is 1. The van der Waals surface area contributed by atoms with Gasteiger partial charge in [0.15, 0.2) is 17.5 Å². The van der Waals surface area contributed by atoms with Crippen molar-refractivity contribution in [1.29, 1.82) is 0 Å². The number of rotatable bonds is 4. The standard InChI is InChI=1S/C18H12F2N4OS/c19-13-7-4-8-14(16(13)20)26-10-12-9-15(25)24-18(21-12)22-17(23-24)11-5-2-1-3-6-11/h1-9,25H,10H2. The molecule has 130 valence electrons. The molecule has 0 spiro atoms. The number of benzene rings is 2. The maximum atomic E-state index is 13.7. The topological polar surface area (TPSA) is 63.3 Å². The molecular formula is C18H12F2N4OS. The van der Waals surface area contributed by atoms with Crippen LogP contribution in [-0.2, 0) is 5.75 Å². The highest BCUT2D eigenvalue weighted by Crippen LogP contribution is 2.27. The third kappa shape index (κ3) is 3.11. The van der Waals surface area contributed by atoms with E-state index in [1.165, 1.54) is 22.7 Å². The fraction of sp³-hybridized carbons (Fsp3) is 0.0556. The van der Waals surface area contributed by atoms with Gasteiger partial charge >= 0.3 is 0 Å². The van der Waals surface area contributed by atoms with E-state index in [1.807, 2.05) is 30.3 Å². The zero-order valence-corrected chi connectivity index (χ0v) is 14.1. The van der Waals surface area contributed by atoms with Crippen LogP contribution in [0.3, 0.4) is 0 Å². The molecule has 0 atom stereocenters. The molecule has 0 amide bonds. The van der Waals surface area contributed by atoms with Crippen LogP contribution in [-0.4, -0.2) is 24.7 Å².